The van der Waals surface area contributed by atoms with Gasteiger partial charge in [-0.1, -0.05) is 60.7 Å². The third-order valence-electron chi connectivity index (χ3n) is 4.59. The number of nitrogens with one attached hydrogen (secondary N) is 1. The minimum atomic E-state index is -4.46. The minimum absolute atomic E-state index is 0.00536. The Morgan fingerprint density at radius 1 is 1.07 bits per heavy atom. The summed E-state index contributed by atoms with van der Waals surface area (Å²) in [6, 6.07) is 18.0. The van der Waals surface area contributed by atoms with Crippen LogP contribution in [0, 0.1) is 0 Å². The highest BCUT2D eigenvalue weighted by Crippen LogP contribution is 2.42. The fourth-order valence-electron chi connectivity index (χ4n) is 3.29. The third-order valence-corrected chi connectivity index (χ3v) is 4.59. The topological polar surface area (TPSA) is 47.6 Å². The summed E-state index contributed by atoms with van der Waals surface area (Å²) in [6.07, 6.45) is -6.98. The van der Waals surface area contributed by atoms with Gasteiger partial charge < -0.3 is 14.8 Å². The second-order valence-electron chi connectivity index (χ2n) is 6.90. The van der Waals surface area contributed by atoms with E-state index in [2.05, 4.69) is 5.32 Å². The molecule has 0 aliphatic carbocycles. The van der Waals surface area contributed by atoms with Crippen LogP contribution in [0.5, 0.6) is 0 Å². The lowest BCUT2D eigenvalue weighted by atomic mass is 9.89. The Hall–Kier alpha value is -2.38. The highest BCUT2D eigenvalue weighted by atomic mass is 19.4. The van der Waals surface area contributed by atoms with Crippen LogP contribution < -0.4 is 5.32 Å². The molecule has 2 aromatic rings. The third kappa shape index (κ3) is 5.81. The molecule has 7 heteroatoms. The highest BCUT2D eigenvalue weighted by molar-refractivity contribution is 5.77. The fraction of sp³-hybridized carbons (Fsp3) is 0.381. The van der Waals surface area contributed by atoms with E-state index in [-0.39, 0.29) is 26.0 Å². The van der Waals surface area contributed by atoms with Crippen LogP contribution in [-0.2, 0) is 20.8 Å². The first-order valence-corrected chi connectivity index (χ1v) is 9.07. The van der Waals surface area contributed by atoms with Crippen molar-refractivity contribution >= 4 is 5.91 Å². The molecule has 0 bridgehead atoms. The molecule has 2 aromatic carbocycles. The predicted molar refractivity (Wildman–Crippen MR) is 97.1 cm³/mol. The first-order chi connectivity index (χ1) is 13.4. The molecule has 1 amide bonds. The van der Waals surface area contributed by atoms with E-state index in [1.807, 2.05) is 30.3 Å². The van der Waals surface area contributed by atoms with Crippen LogP contribution in [0.2, 0.25) is 0 Å². The summed E-state index contributed by atoms with van der Waals surface area (Å²) in [5.74, 6) is -0.484. The Morgan fingerprint density at radius 3 is 2.36 bits per heavy atom. The van der Waals surface area contributed by atoms with Crippen molar-refractivity contribution in [3.05, 3.63) is 71.8 Å². The molecule has 1 heterocycles. The van der Waals surface area contributed by atoms with Crippen LogP contribution in [0.25, 0.3) is 0 Å². The van der Waals surface area contributed by atoms with Gasteiger partial charge in [0.1, 0.15) is 0 Å². The van der Waals surface area contributed by atoms with E-state index in [1.54, 1.807) is 30.3 Å². The zero-order valence-corrected chi connectivity index (χ0v) is 15.2. The Bertz CT molecular complexity index is 767. The molecule has 0 aromatic heterocycles. The summed E-state index contributed by atoms with van der Waals surface area (Å²) < 4.78 is 51.1. The molecule has 150 valence electrons. The van der Waals surface area contributed by atoms with E-state index in [0.29, 0.717) is 5.56 Å². The van der Waals surface area contributed by atoms with Gasteiger partial charge in [-0.3, -0.25) is 4.79 Å². The molecule has 2 unspecified atom stereocenters. The van der Waals surface area contributed by atoms with Crippen LogP contribution in [0.15, 0.2) is 60.7 Å². The summed E-state index contributed by atoms with van der Waals surface area (Å²) in [4.78, 5) is 12.4. The molecular formula is C21H22F3NO3. The molecular weight excluding hydrogens is 371 g/mol. The maximum absolute atomic E-state index is 13.3. The van der Waals surface area contributed by atoms with Gasteiger partial charge in [-0.15, -0.1) is 0 Å². The largest absolute Gasteiger partial charge is 0.391 e. The molecule has 1 fully saturated rings. The van der Waals surface area contributed by atoms with Gasteiger partial charge in [0, 0.05) is 18.5 Å². The molecule has 1 aliphatic heterocycles. The van der Waals surface area contributed by atoms with Crippen molar-refractivity contribution in [3.63, 3.8) is 0 Å². The lowest BCUT2D eigenvalue weighted by molar-refractivity contribution is -0.289. The quantitative estimate of drug-likeness (QED) is 0.785. The second-order valence-corrected chi connectivity index (χ2v) is 6.90. The van der Waals surface area contributed by atoms with E-state index < -0.39 is 30.4 Å². The van der Waals surface area contributed by atoms with Gasteiger partial charge in [0.2, 0.25) is 5.91 Å². The summed E-state index contributed by atoms with van der Waals surface area (Å²) in [7, 11) is 0. The smallest absolute Gasteiger partial charge is 0.352 e. The molecule has 0 spiro atoms. The van der Waals surface area contributed by atoms with Crippen molar-refractivity contribution in [3.8, 4) is 0 Å². The van der Waals surface area contributed by atoms with Crippen LogP contribution in [0.3, 0.4) is 0 Å². The first-order valence-electron chi connectivity index (χ1n) is 9.07. The number of amides is 1. The minimum Gasteiger partial charge on any atom is -0.352 e. The molecule has 0 radical (unpaired) electrons. The lowest BCUT2D eigenvalue weighted by Gasteiger charge is -2.41. The number of benzene rings is 2. The van der Waals surface area contributed by atoms with Crippen molar-refractivity contribution in [2.24, 2.45) is 0 Å². The molecule has 1 saturated heterocycles. The normalized spacial score (nSPS) is 22.6. The van der Waals surface area contributed by atoms with Gasteiger partial charge in [0.25, 0.3) is 0 Å². The zero-order chi connectivity index (χ0) is 20.0. The first kappa shape index (κ1) is 20.4. The number of alkyl halides is 3. The number of carbonyl (C=O) groups is 1. The standard InChI is InChI=1S/C21H22F3NO3/c22-21(23,24)15-20(13-18(26)25-14-16-7-3-1-4-8-16)11-12-27-19(28-20)17-9-5-2-6-10-17/h1-10,19H,11-15H2,(H,25,26). The number of hydrogen-bond donors (Lipinski definition) is 1. The number of hydrogen-bond acceptors (Lipinski definition) is 3. The second kappa shape index (κ2) is 8.75. The monoisotopic (exact) mass is 393 g/mol. The van der Waals surface area contributed by atoms with Crippen LogP contribution >= 0.6 is 0 Å². The molecule has 2 atom stereocenters. The molecule has 28 heavy (non-hydrogen) atoms. The van der Waals surface area contributed by atoms with Crippen LogP contribution in [0.4, 0.5) is 13.2 Å². The van der Waals surface area contributed by atoms with Crippen molar-refractivity contribution in [1.29, 1.82) is 0 Å². The van der Waals surface area contributed by atoms with Gasteiger partial charge >= 0.3 is 6.18 Å². The number of halogens is 3. The Morgan fingerprint density at radius 2 is 1.71 bits per heavy atom. The zero-order valence-electron chi connectivity index (χ0n) is 15.2. The molecule has 3 rings (SSSR count). The highest BCUT2D eigenvalue weighted by Gasteiger charge is 2.48. The Balaban J connectivity index is 1.71. The van der Waals surface area contributed by atoms with E-state index >= 15 is 0 Å². The van der Waals surface area contributed by atoms with E-state index in [0.717, 1.165) is 5.56 Å². The van der Waals surface area contributed by atoms with Gasteiger partial charge in [0.05, 0.1) is 25.0 Å². The van der Waals surface area contributed by atoms with Crippen molar-refractivity contribution in [2.75, 3.05) is 6.61 Å². The van der Waals surface area contributed by atoms with Crippen LogP contribution in [0.1, 0.15) is 36.7 Å². The molecule has 1 N–H and O–H groups in total. The summed E-state index contributed by atoms with van der Waals surface area (Å²) in [5, 5.41) is 2.68. The maximum Gasteiger partial charge on any atom is 0.391 e. The SMILES string of the molecule is O=C(CC1(CC(F)(F)F)CCOC(c2ccccc2)O1)NCc1ccccc1. The summed E-state index contributed by atoms with van der Waals surface area (Å²) >= 11 is 0. The average Bonchev–Trinajstić information content (AvgIpc) is 2.66. The lowest BCUT2D eigenvalue weighted by Crippen LogP contribution is -2.47. The summed E-state index contributed by atoms with van der Waals surface area (Å²) in [6.45, 7) is 0.335. The maximum atomic E-state index is 13.3. The van der Waals surface area contributed by atoms with Crippen molar-refractivity contribution < 1.29 is 27.4 Å². The van der Waals surface area contributed by atoms with Gasteiger partial charge in [-0.25, -0.2) is 0 Å². The average molecular weight is 393 g/mol. The Kier molecular flexibility index (Phi) is 6.36. The van der Waals surface area contributed by atoms with E-state index in [4.69, 9.17) is 9.47 Å². The van der Waals surface area contributed by atoms with Crippen molar-refractivity contribution in [1.82, 2.24) is 5.32 Å². The number of carbonyl (C=O) groups excluding carboxylic acids is 1. The summed E-state index contributed by atoms with van der Waals surface area (Å²) in [5.41, 5.74) is -0.160. The fourth-order valence-corrected chi connectivity index (χ4v) is 3.29. The van der Waals surface area contributed by atoms with Gasteiger partial charge in [0.15, 0.2) is 6.29 Å². The van der Waals surface area contributed by atoms with E-state index in [9.17, 15) is 18.0 Å². The molecule has 0 saturated carbocycles. The molecule has 1 aliphatic rings. The predicted octanol–water partition coefficient (Wildman–Crippen LogP) is 4.52. The molecule has 4 nitrogen and oxygen atoms in total. The number of rotatable bonds is 6. The Labute approximate surface area is 161 Å². The van der Waals surface area contributed by atoms with Gasteiger partial charge in [-0.2, -0.15) is 13.2 Å². The van der Waals surface area contributed by atoms with Crippen molar-refractivity contribution in [2.45, 2.75) is 43.9 Å². The van der Waals surface area contributed by atoms with Gasteiger partial charge in [-0.05, 0) is 5.56 Å². The van der Waals surface area contributed by atoms with Crippen LogP contribution in [-0.4, -0.2) is 24.3 Å². The van der Waals surface area contributed by atoms with E-state index in [1.165, 1.54) is 0 Å². The number of ether oxygens (including phenoxy) is 2.